The standard InChI is InChI=1S/C11H19N3S/c1-8(2)9-7-15-11(13-9)10-6-12-4-5-14(10)3/h7-8,10,12H,4-6H2,1-3H3. The second kappa shape index (κ2) is 4.60. The maximum absolute atomic E-state index is 4.72. The molecular weight excluding hydrogens is 206 g/mol. The number of rotatable bonds is 2. The summed E-state index contributed by atoms with van der Waals surface area (Å²) in [7, 11) is 2.18. The van der Waals surface area contributed by atoms with Gasteiger partial charge in [-0.2, -0.15) is 0 Å². The van der Waals surface area contributed by atoms with Gasteiger partial charge in [-0.3, -0.25) is 4.90 Å². The lowest BCUT2D eigenvalue weighted by molar-refractivity contribution is 0.202. The van der Waals surface area contributed by atoms with E-state index in [1.807, 2.05) is 0 Å². The van der Waals surface area contributed by atoms with Gasteiger partial charge in [0.05, 0.1) is 11.7 Å². The van der Waals surface area contributed by atoms with Gasteiger partial charge < -0.3 is 5.32 Å². The predicted octanol–water partition coefficient (Wildman–Crippen LogP) is 1.84. The van der Waals surface area contributed by atoms with E-state index in [9.17, 15) is 0 Å². The van der Waals surface area contributed by atoms with Gasteiger partial charge in [0.25, 0.3) is 0 Å². The molecular formula is C11H19N3S. The number of likely N-dealkylation sites (N-methyl/N-ethyl adjacent to an activating group) is 1. The van der Waals surface area contributed by atoms with Crippen molar-refractivity contribution in [2.45, 2.75) is 25.8 Å². The Bertz CT molecular complexity index is 321. The molecule has 1 fully saturated rings. The molecule has 0 radical (unpaired) electrons. The molecule has 1 aromatic rings. The normalized spacial score (nSPS) is 23.6. The summed E-state index contributed by atoms with van der Waals surface area (Å²) in [5.74, 6) is 0.539. The van der Waals surface area contributed by atoms with Crippen LogP contribution in [0.25, 0.3) is 0 Å². The lowest BCUT2D eigenvalue weighted by Gasteiger charge is -2.31. The molecule has 1 atom stereocenters. The van der Waals surface area contributed by atoms with Crippen LogP contribution in [0.15, 0.2) is 5.38 Å². The first-order chi connectivity index (χ1) is 7.18. The third-order valence-corrected chi connectivity index (χ3v) is 3.89. The summed E-state index contributed by atoms with van der Waals surface area (Å²) in [6, 6.07) is 0.469. The molecule has 0 amide bonds. The number of nitrogens with one attached hydrogen (secondary N) is 1. The summed E-state index contributed by atoms with van der Waals surface area (Å²) >= 11 is 1.80. The summed E-state index contributed by atoms with van der Waals surface area (Å²) in [5, 5.41) is 6.88. The average molecular weight is 225 g/mol. The molecule has 1 aliphatic rings. The third kappa shape index (κ3) is 2.38. The molecule has 0 bridgehead atoms. The molecule has 0 saturated carbocycles. The Balaban J connectivity index is 2.13. The minimum absolute atomic E-state index is 0.469. The summed E-state index contributed by atoms with van der Waals surface area (Å²) in [5.41, 5.74) is 1.23. The van der Waals surface area contributed by atoms with Gasteiger partial charge in [-0.05, 0) is 13.0 Å². The quantitative estimate of drug-likeness (QED) is 0.832. The summed E-state index contributed by atoms with van der Waals surface area (Å²) in [6.07, 6.45) is 0. The fourth-order valence-electron chi connectivity index (χ4n) is 1.80. The average Bonchev–Trinajstić information content (AvgIpc) is 2.67. The van der Waals surface area contributed by atoms with Crippen molar-refractivity contribution in [3.8, 4) is 0 Å². The van der Waals surface area contributed by atoms with Crippen LogP contribution >= 0.6 is 11.3 Å². The smallest absolute Gasteiger partial charge is 0.111 e. The van der Waals surface area contributed by atoms with E-state index in [0.29, 0.717) is 12.0 Å². The van der Waals surface area contributed by atoms with E-state index in [1.165, 1.54) is 10.7 Å². The van der Waals surface area contributed by atoms with Crippen molar-refractivity contribution < 1.29 is 0 Å². The number of nitrogens with zero attached hydrogens (tertiary/aromatic N) is 2. The lowest BCUT2D eigenvalue weighted by Crippen LogP contribution is -2.43. The fraction of sp³-hybridized carbons (Fsp3) is 0.727. The van der Waals surface area contributed by atoms with Crippen LogP contribution in [0.1, 0.15) is 36.5 Å². The van der Waals surface area contributed by atoms with Crippen LogP contribution in [0.5, 0.6) is 0 Å². The van der Waals surface area contributed by atoms with Gasteiger partial charge in [0.2, 0.25) is 0 Å². The lowest BCUT2D eigenvalue weighted by atomic mass is 10.1. The molecule has 1 N–H and O–H groups in total. The Kier molecular flexibility index (Phi) is 3.38. The summed E-state index contributed by atoms with van der Waals surface area (Å²) in [4.78, 5) is 7.11. The molecule has 1 unspecified atom stereocenters. The summed E-state index contributed by atoms with van der Waals surface area (Å²) < 4.78 is 0. The zero-order chi connectivity index (χ0) is 10.8. The third-order valence-electron chi connectivity index (χ3n) is 2.93. The molecule has 15 heavy (non-hydrogen) atoms. The van der Waals surface area contributed by atoms with Gasteiger partial charge in [-0.25, -0.2) is 4.98 Å². The molecule has 0 aliphatic carbocycles. The van der Waals surface area contributed by atoms with Crippen LogP contribution in [-0.4, -0.2) is 36.6 Å². The zero-order valence-corrected chi connectivity index (χ0v) is 10.5. The van der Waals surface area contributed by atoms with E-state index in [1.54, 1.807) is 11.3 Å². The van der Waals surface area contributed by atoms with Crippen molar-refractivity contribution in [1.82, 2.24) is 15.2 Å². The van der Waals surface area contributed by atoms with Crippen LogP contribution in [0.2, 0.25) is 0 Å². The number of thiazole rings is 1. The topological polar surface area (TPSA) is 28.2 Å². The minimum Gasteiger partial charge on any atom is -0.313 e. The molecule has 1 aliphatic heterocycles. The highest BCUT2D eigenvalue weighted by molar-refractivity contribution is 7.09. The largest absolute Gasteiger partial charge is 0.313 e. The Morgan fingerprint density at radius 1 is 1.60 bits per heavy atom. The van der Waals surface area contributed by atoms with Gasteiger partial charge in [0.1, 0.15) is 5.01 Å². The molecule has 1 aromatic heterocycles. The SMILES string of the molecule is CC(C)c1csc(C2CNCCN2C)n1. The molecule has 0 aromatic carbocycles. The highest BCUT2D eigenvalue weighted by Gasteiger charge is 2.23. The molecule has 1 saturated heterocycles. The van der Waals surface area contributed by atoms with Crippen LogP contribution < -0.4 is 5.32 Å². The van der Waals surface area contributed by atoms with E-state index in [4.69, 9.17) is 4.98 Å². The first-order valence-corrected chi connectivity index (χ1v) is 6.42. The maximum Gasteiger partial charge on any atom is 0.111 e. The number of hydrogen-bond donors (Lipinski definition) is 1. The monoisotopic (exact) mass is 225 g/mol. The van der Waals surface area contributed by atoms with E-state index in [-0.39, 0.29) is 0 Å². The van der Waals surface area contributed by atoms with Crippen molar-refractivity contribution in [3.05, 3.63) is 16.1 Å². The van der Waals surface area contributed by atoms with Crippen molar-refractivity contribution >= 4 is 11.3 Å². The van der Waals surface area contributed by atoms with Gasteiger partial charge in [-0.1, -0.05) is 13.8 Å². The van der Waals surface area contributed by atoms with Crippen molar-refractivity contribution in [2.75, 3.05) is 26.7 Å². The minimum atomic E-state index is 0.469. The van der Waals surface area contributed by atoms with E-state index in [0.717, 1.165) is 19.6 Å². The molecule has 3 nitrogen and oxygen atoms in total. The van der Waals surface area contributed by atoms with Crippen LogP contribution in [-0.2, 0) is 0 Å². The van der Waals surface area contributed by atoms with Crippen LogP contribution in [0.3, 0.4) is 0 Å². The summed E-state index contributed by atoms with van der Waals surface area (Å²) in [6.45, 7) is 7.63. The Labute approximate surface area is 95.5 Å². The Morgan fingerprint density at radius 2 is 2.40 bits per heavy atom. The second-order valence-corrected chi connectivity index (χ2v) is 5.36. The van der Waals surface area contributed by atoms with Gasteiger partial charge in [0, 0.05) is 25.0 Å². The van der Waals surface area contributed by atoms with Crippen molar-refractivity contribution in [1.29, 1.82) is 0 Å². The Hall–Kier alpha value is -0.450. The first-order valence-electron chi connectivity index (χ1n) is 5.54. The zero-order valence-electron chi connectivity index (χ0n) is 9.66. The number of piperazine rings is 1. The molecule has 2 rings (SSSR count). The maximum atomic E-state index is 4.72. The molecule has 84 valence electrons. The van der Waals surface area contributed by atoms with Gasteiger partial charge in [0.15, 0.2) is 0 Å². The van der Waals surface area contributed by atoms with E-state index >= 15 is 0 Å². The predicted molar refractivity (Wildman–Crippen MR) is 64.4 cm³/mol. The number of hydrogen-bond acceptors (Lipinski definition) is 4. The molecule has 2 heterocycles. The van der Waals surface area contributed by atoms with Crippen LogP contribution in [0.4, 0.5) is 0 Å². The second-order valence-electron chi connectivity index (χ2n) is 4.47. The van der Waals surface area contributed by atoms with Crippen molar-refractivity contribution in [2.24, 2.45) is 0 Å². The van der Waals surface area contributed by atoms with Crippen LogP contribution in [0, 0.1) is 0 Å². The fourth-order valence-corrected chi connectivity index (χ4v) is 2.95. The van der Waals surface area contributed by atoms with E-state index in [2.05, 4.69) is 36.5 Å². The highest BCUT2D eigenvalue weighted by Crippen LogP contribution is 2.26. The molecule has 0 spiro atoms. The number of aromatic nitrogens is 1. The van der Waals surface area contributed by atoms with E-state index < -0.39 is 0 Å². The van der Waals surface area contributed by atoms with Gasteiger partial charge in [-0.15, -0.1) is 11.3 Å². The molecule has 4 heteroatoms. The Morgan fingerprint density at radius 3 is 3.00 bits per heavy atom. The highest BCUT2D eigenvalue weighted by atomic mass is 32.1. The van der Waals surface area contributed by atoms with Gasteiger partial charge >= 0.3 is 0 Å². The van der Waals surface area contributed by atoms with Crippen molar-refractivity contribution in [3.63, 3.8) is 0 Å². The first kappa shape index (κ1) is 11.0.